The first kappa shape index (κ1) is 11.9. The quantitative estimate of drug-likeness (QED) is 0.819. The molecule has 1 saturated carbocycles. The van der Waals surface area contributed by atoms with Crippen LogP contribution in [0.3, 0.4) is 0 Å². The molecular formula is C16H22N2. The van der Waals surface area contributed by atoms with Gasteiger partial charge in [-0.15, -0.1) is 0 Å². The fourth-order valence-electron chi connectivity index (χ4n) is 3.66. The van der Waals surface area contributed by atoms with Crippen molar-refractivity contribution in [3.63, 3.8) is 0 Å². The normalized spacial score (nSPS) is 32.7. The smallest absolute Gasteiger partial charge is 0.0295 e. The van der Waals surface area contributed by atoms with E-state index >= 15 is 0 Å². The van der Waals surface area contributed by atoms with Crippen molar-refractivity contribution in [2.75, 3.05) is 0 Å². The molecule has 2 nitrogen and oxygen atoms in total. The molecule has 2 aliphatic rings. The Kier molecular flexibility index (Phi) is 3.21. The van der Waals surface area contributed by atoms with Gasteiger partial charge in [0.2, 0.25) is 0 Å². The van der Waals surface area contributed by atoms with E-state index < -0.39 is 0 Å². The molecule has 3 rings (SSSR count). The number of nitrogens with one attached hydrogen (secondary N) is 1. The summed E-state index contributed by atoms with van der Waals surface area (Å²) in [4.78, 5) is 4.08. The van der Waals surface area contributed by atoms with Crippen LogP contribution in [-0.2, 0) is 0 Å². The molecule has 1 N–H and O–H groups in total. The Morgan fingerprint density at radius 2 is 1.94 bits per heavy atom. The minimum Gasteiger partial charge on any atom is -0.307 e. The summed E-state index contributed by atoms with van der Waals surface area (Å²) < 4.78 is 0. The maximum absolute atomic E-state index is 4.08. The van der Waals surface area contributed by atoms with Crippen molar-refractivity contribution in [1.82, 2.24) is 10.3 Å². The number of pyridine rings is 1. The van der Waals surface area contributed by atoms with Crippen LogP contribution in [0.1, 0.15) is 38.3 Å². The molecule has 0 saturated heterocycles. The fourth-order valence-corrected chi connectivity index (χ4v) is 3.66. The highest BCUT2D eigenvalue weighted by Crippen LogP contribution is 2.45. The van der Waals surface area contributed by atoms with Crippen molar-refractivity contribution in [3.05, 3.63) is 42.2 Å². The Morgan fingerprint density at radius 1 is 1.17 bits per heavy atom. The van der Waals surface area contributed by atoms with Gasteiger partial charge in [-0.2, -0.15) is 0 Å². The van der Waals surface area contributed by atoms with Crippen LogP contribution >= 0.6 is 0 Å². The van der Waals surface area contributed by atoms with E-state index in [1.807, 2.05) is 12.4 Å². The third kappa shape index (κ3) is 2.22. The average molecular weight is 242 g/mol. The largest absolute Gasteiger partial charge is 0.307 e. The lowest BCUT2D eigenvalue weighted by molar-refractivity contribution is 0.307. The van der Waals surface area contributed by atoms with Gasteiger partial charge in [-0.3, -0.25) is 4.98 Å². The van der Waals surface area contributed by atoms with E-state index in [0.29, 0.717) is 12.1 Å². The van der Waals surface area contributed by atoms with Gasteiger partial charge in [-0.1, -0.05) is 12.2 Å². The zero-order valence-corrected chi connectivity index (χ0v) is 11.2. The standard InChI is InChI=1S/C16H22N2/c1-11(14-5-7-17-8-6-14)18-12(2)16-10-13-3-4-15(16)9-13/h3-8,11-13,15-16,18H,9-10H2,1-2H3. The maximum Gasteiger partial charge on any atom is 0.0295 e. The van der Waals surface area contributed by atoms with E-state index in [1.165, 1.54) is 18.4 Å². The van der Waals surface area contributed by atoms with Gasteiger partial charge in [0.15, 0.2) is 0 Å². The van der Waals surface area contributed by atoms with Crippen molar-refractivity contribution < 1.29 is 0 Å². The van der Waals surface area contributed by atoms with E-state index in [9.17, 15) is 0 Å². The predicted molar refractivity (Wildman–Crippen MR) is 74.1 cm³/mol. The Morgan fingerprint density at radius 3 is 2.56 bits per heavy atom. The summed E-state index contributed by atoms with van der Waals surface area (Å²) in [7, 11) is 0. The number of nitrogens with zero attached hydrogens (tertiary/aromatic N) is 1. The minimum atomic E-state index is 0.408. The van der Waals surface area contributed by atoms with Gasteiger partial charge in [0.05, 0.1) is 0 Å². The van der Waals surface area contributed by atoms with E-state index in [1.54, 1.807) is 0 Å². The molecule has 0 spiro atoms. The second-order valence-corrected chi connectivity index (χ2v) is 5.90. The molecule has 5 atom stereocenters. The van der Waals surface area contributed by atoms with Gasteiger partial charge in [0.25, 0.3) is 0 Å². The average Bonchev–Trinajstić information content (AvgIpc) is 3.02. The molecule has 2 aliphatic carbocycles. The third-order valence-electron chi connectivity index (χ3n) is 4.69. The third-order valence-corrected chi connectivity index (χ3v) is 4.69. The minimum absolute atomic E-state index is 0.408. The predicted octanol–water partition coefficient (Wildman–Crippen LogP) is 3.33. The summed E-state index contributed by atoms with van der Waals surface area (Å²) in [5.74, 6) is 2.51. The maximum atomic E-state index is 4.08. The van der Waals surface area contributed by atoms with Gasteiger partial charge in [-0.25, -0.2) is 0 Å². The molecule has 0 aliphatic heterocycles. The van der Waals surface area contributed by atoms with Crippen LogP contribution < -0.4 is 5.32 Å². The summed E-state index contributed by atoms with van der Waals surface area (Å²) >= 11 is 0. The number of fused-ring (bicyclic) bond motifs is 2. The molecule has 2 heteroatoms. The van der Waals surface area contributed by atoms with Crippen molar-refractivity contribution in [3.8, 4) is 0 Å². The molecule has 0 aromatic carbocycles. The number of rotatable bonds is 4. The molecule has 18 heavy (non-hydrogen) atoms. The van der Waals surface area contributed by atoms with Gasteiger partial charge in [0.1, 0.15) is 0 Å². The Hall–Kier alpha value is -1.15. The van der Waals surface area contributed by atoms with Crippen LogP contribution in [0.5, 0.6) is 0 Å². The first-order valence-corrected chi connectivity index (χ1v) is 7.08. The van der Waals surface area contributed by atoms with Crippen LogP contribution in [-0.4, -0.2) is 11.0 Å². The van der Waals surface area contributed by atoms with Crippen molar-refractivity contribution in [2.45, 2.75) is 38.8 Å². The number of aromatic nitrogens is 1. The summed E-state index contributed by atoms with van der Waals surface area (Å²) in [6, 6.07) is 5.20. The monoisotopic (exact) mass is 242 g/mol. The first-order chi connectivity index (χ1) is 8.74. The van der Waals surface area contributed by atoms with Gasteiger partial charge in [-0.05, 0) is 62.1 Å². The van der Waals surface area contributed by atoms with Crippen LogP contribution in [0.25, 0.3) is 0 Å². The Labute approximate surface area is 110 Å². The molecule has 2 bridgehead atoms. The van der Waals surface area contributed by atoms with Crippen LogP contribution in [0.2, 0.25) is 0 Å². The van der Waals surface area contributed by atoms with E-state index in [2.05, 4.69) is 48.4 Å². The molecule has 1 heterocycles. The van der Waals surface area contributed by atoms with Gasteiger partial charge < -0.3 is 5.32 Å². The molecule has 5 unspecified atom stereocenters. The lowest BCUT2D eigenvalue weighted by Gasteiger charge is -2.29. The van der Waals surface area contributed by atoms with Gasteiger partial charge in [0, 0.05) is 24.5 Å². The highest BCUT2D eigenvalue weighted by Gasteiger charge is 2.38. The second kappa shape index (κ2) is 4.85. The molecule has 0 radical (unpaired) electrons. The van der Waals surface area contributed by atoms with Crippen LogP contribution in [0.4, 0.5) is 0 Å². The molecular weight excluding hydrogens is 220 g/mol. The molecule has 96 valence electrons. The van der Waals surface area contributed by atoms with E-state index in [4.69, 9.17) is 0 Å². The fraction of sp³-hybridized carbons (Fsp3) is 0.562. The molecule has 1 aromatic rings. The molecule has 1 aromatic heterocycles. The van der Waals surface area contributed by atoms with Crippen LogP contribution in [0, 0.1) is 17.8 Å². The Bertz CT molecular complexity index is 426. The Balaban J connectivity index is 1.61. The number of allylic oxidation sites excluding steroid dienone is 2. The summed E-state index contributed by atoms with van der Waals surface area (Å²) in [5, 5.41) is 3.76. The zero-order chi connectivity index (χ0) is 12.5. The number of hydrogen-bond donors (Lipinski definition) is 1. The lowest BCUT2D eigenvalue weighted by atomic mass is 9.87. The van der Waals surface area contributed by atoms with Crippen molar-refractivity contribution >= 4 is 0 Å². The topological polar surface area (TPSA) is 24.9 Å². The first-order valence-electron chi connectivity index (χ1n) is 7.08. The molecule has 1 fully saturated rings. The zero-order valence-electron chi connectivity index (χ0n) is 11.2. The summed E-state index contributed by atoms with van der Waals surface area (Å²) in [6.07, 6.45) is 11.4. The second-order valence-electron chi connectivity index (χ2n) is 5.90. The highest BCUT2D eigenvalue weighted by molar-refractivity contribution is 5.15. The van der Waals surface area contributed by atoms with Crippen LogP contribution in [0.15, 0.2) is 36.7 Å². The highest BCUT2D eigenvalue weighted by atomic mass is 14.9. The van der Waals surface area contributed by atoms with Crippen molar-refractivity contribution in [2.24, 2.45) is 17.8 Å². The SMILES string of the molecule is CC(NC(C)C1CC2C=CC1C2)c1ccncc1. The summed E-state index contributed by atoms with van der Waals surface area (Å²) in [6.45, 7) is 4.59. The number of hydrogen-bond acceptors (Lipinski definition) is 2. The lowest BCUT2D eigenvalue weighted by Crippen LogP contribution is -2.37. The van der Waals surface area contributed by atoms with E-state index in [-0.39, 0.29) is 0 Å². The van der Waals surface area contributed by atoms with E-state index in [0.717, 1.165) is 17.8 Å². The summed E-state index contributed by atoms with van der Waals surface area (Å²) in [5.41, 5.74) is 1.33. The molecule has 0 amide bonds. The van der Waals surface area contributed by atoms with Crippen molar-refractivity contribution in [1.29, 1.82) is 0 Å². The van der Waals surface area contributed by atoms with Gasteiger partial charge >= 0.3 is 0 Å².